The molecule has 3 fully saturated rings. The van der Waals surface area contributed by atoms with E-state index in [1.54, 1.807) is 41.3 Å². The number of nitrogens with zero attached hydrogens (tertiary/aromatic N) is 3. The van der Waals surface area contributed by atoms with Gasteiger partial charge in [0.15, 0.2) is 0 Å². The third-order valence-corrected chi connectivity index (χ3v) is 10.3. The number of amides is 3. The van der Waals surface area contributed by atoms with Gasteiger partial charge in [-0.25, -0.2) is 0 Å². The smallest absolute Gasteiger partial charge is 0.253 e. The Kier molecular flexibility index (Phi) is 9.96. The molecule has 1 N–H and O–H groups in total. The van der Waals surface area contributed by atoms with Gasteiger partial charge in [0.1, 0.15) is 17.4 Å². The van der Waals surface area contributed by atoms with Crippen molar-refractivity contribution in [3.8, 4) is 5.75 Å². The molecule has 3 heterocycles. The van der Waals surface area contributed by atoms with Crippen LogP contribution in [0.1, 0.15) is 46.5 Å². The van der Waals surface area contributed by atoms with E-state index in [1.807, 2.05) is 45.0 Å². The molecule has 46 heavy (non-hydrogen) atoms. The molecule has 9 nitrogen and oxygen atoms in total. The minimum atomic E-state index is -1.27. The van der Waals surface area contributed by atoms with E-state index in [0.717, 1.165) is 0 Å². The molecule has 2 aromatic carbocycles. The Labute approximate surface area is 276 Å². The van der Waals surface area contributed by atoms with E-state index in [2.05, 4.69) is 13.2 Å². The molecule has 2 aromatic rings. The zero-order valence-corrected chi connectivity index (χ0v) is 27.6. The minimum absolute atomic E-state index is 0.143. The quantitative estimate of drug-likeness (QED) is 0.275. The second kappa shape index (κ2) is 13.6. The lowest BCUT2D eigenvalue weighted by molar-refractivity contribution is -0.149. The van der Waals surface area contributed by atoms with Crippen molar-refractivity contribution < 1.29 is 29.0 Å². The standard InChI is InChI=1S/C36H44ClN3O6/c1-6-21-38(25-15-17-26(18-16-25)45-10-5)32(42)29-30-33(43)40(24(8-3)23-41)31(36(30)20-19-35(29,9-4)46-36)34(44)39(22-7-2)28-14-12-11-13-27(28)37/h6-7,11-18,24,29-31,41H,1-2,8-10,19-23H2,3-5H3/t24-,29+,30-,31?,35-,36?/m0/s1. The van der Waals surface area contributed by atoms with Crippen molar-refractivity contribution in [3.63, 3.8) is 0 Å². The van der Waals surface area contributed by atoms with E-state index in [9.17, 15) is 19.5 Å². The molecule has 2 unspecified atom stereocenters. The van der Waals surface area contributed by atoms with Crippen LogP contribution in [0.4, 0.5) is 11.4 Å². The summed E-state index contributed by atoms with van der Waals surface area (Å²) in [5.41, 5.74) is -1.09. The lowest BCUT2D eigenvalue weighted by atomic mass is 9.64. The second-order valence-electron chi connectivity index (χ2n) is 12.2. The second-order valence-corrected chi connectivity index (χ2v) is 12.6. The zero-order valence-electron chi connectivity index (χ0n) is 26.9. The average molecular weight is 650 g/mol. The van der Waals surface area contributed by atoms with Crippen molar-refractivity contribution in [1.29, 1.82) is 0 Å². The van der Waals surface area contributed by atoms with Crippen molar-refractivity contribution in [2.24, 2.45) is 11.8 Å². The SMILES string of the molecule is C=CCN(C(=O)[C@H]1[C@H]2C(=O)N([C@@H](CC)CO)C(C(=O)N(CC=C)c3ccccc3Cl)C23CC[C@]1(CC)O3)c1ccc(OCC)cc1. The van der Waals surface area contributed by atoms with E-state index in [-0.39, 0.29) is 37.4 Å². The van der Waals surface area contributed by atoms with Gasteiger partial charge in [-0.3, -0.25) is 14.4 Å². The van der Waals surface area contributed by atoms with Crippen LogP contribution in [0.2, 0.25) is 5.02 Å². The number of carbonyl (C=O) groups is 3. The van der Waals surface area contributed by atoms with Crippen LogP contribution in [-0.4, -0.2) is 77.3 Å². The summed E-state index contributed by atoms with van der Waals surface area (Å²) in [6, 6.07) is 12.6. The van der Waals surface area contributed by atoms with Crippen molar-refractivity contribution in [2.75, 3.05) is 36.1 Å². The Bertz CT molecular complexity index is 1480. The van der Waals surface area contributed by atoms with Gasteiger partial charge in [0.2, 0.25) is 11.8 Å². The molecule has 0 radical (unpaired) electrons. The van der Waals surface area contributed by atoms with Crippen LogP contribution >= 0.6 is 11.6 Å². The number of aliphatic hydroxyl groups is 1. The molecular formula is C36H44ClN3O6. The molecule has 0 aliphatic carbocycles. The van der Waals surface area contributed by atoms with Gasteiger partial charge in [0.25, 0.3) is 5.91 Å². The molecule has 0 aromatic heterocycles. The molecule has 2 bridgehead atoms. The number of fused-ring (bicyclic) bond motifs is 1. The van der Waals surface area contributed by atoms with Crippen LogP contribution in [0.3, 0.4) is 0 Å². The molecule has 246 valence electrons. The molecule has 5 rings (SSSR count). The third kappa shape index (κ3) is 5.32. The molecule has 0 saturated carbocycles. The van der Waals surface area contributed by atoms with Gasteiger partial charge in [0, 0.05) is 18.8 Å². The van der Waals surface area contributed by atoms with Crippen LogP contribution in [0, 0.1) is 11.8 Å². The highest BCUT2D eigenvalue weighted by molar-refractivity contribution is 6.34. The molecule has 3 aliphatic rings. The molecule has 3 amide bonds. The topological polar surface area (TPSA) is 99.6 Å². The predicted octanol–water partition coefficient (Wildman–Crippen LogP) is 5.40. The summed E-state index contributed by atoms with van der Waals surface area (Å²) in [4.78, 5) is 49.1. The number of aliphatic hydroxyl groups excluding tert-OH is 1. The summed E-state index contributed by atoms with van der Waals surface area (Å²) in [5.74, 6) is -2.08. The molecule has 3 saturated heterocycles. The first-order valence-electron chi connectivity index (χ1n) is 16.1. The predicted molar refractivity (Wildman–Crippen MR) is 179 cm³/mol. The maximum atomic E-state index is 14.9. The van der Waals surface area contributed by atoms with Crippen molar-refractivity contribution >= 4 is 40.7 Å². The number of rotatable bonds is 14. The maximum Gasteiger partial charge on any atom is 0.253 e. The highest BCUT2D eigenvalue weighted by Gasteiger charge is 2.79. The van der Waals surface area contributed by atoms with Gasteiger partial charge in [-0.15, -0.1) is 13.2 Å². The molecule has 3 aliphatic heterocycles. The summed E-state index contributed by atoms with van der Waals surface area (Å²) in [5, 5.41) is 10.9. The lowest BCUT2D eigenvalue weighted by Gasteiger charge is -2.39. The number of hydrogen-bond acceptors (Lipinski definition) is 6. The third-order valence-electron chi connectivity index (χ3n) is 9.95. The summed E-state index contributed by atoms with van der Waals surface area (Å²) < 4.78 is 12.6. The van der Waals surface area contributed by atoms with Crippen LogP contribution < -0.4 is 14.5 Å². The molecular weight excluding hydrogens is 606 g/mol. The lowest BCUT2D eigenvalue weighted by Crippen LogP contribution is -2.59. The van der Waals surface area contributed by atoms with Crippen molar-refractivity contribution in [2.45, 2.75) is 69.7 Å². The zero-order chi connectivity index (χ0) is 33.2. The Morgan fingerprint density at radius 3 is 2.33 bits per heavy atom. The first kappa shape index (κ1) is 33.7. The van der Waals surface area contributed by atoms with Crippen LogP contribution in [-0.2, 0) is 19.1 Å². The molecule has 6 atom stereocenters. The highest BCUT2D eigenvalue weighted by Crippen LogP contribution is 2.65. The fraction of sp³-hybridized carbons (Fsp3) is 0.472. The van der Waals surface area contributed by atoms with Gasteiger partial charge in [-0.1, -0.05) is 49.7 Å². The normalized spacial score (nSPS) is 26.8. The van der Waals surface area contributed by atoms with E-state index >= 15 is 0 Å². The summed E-state index contributed by atoms with van der Waals surface area (Å²) >= 11 is 6.59. The summed E-state index contributed by atoms with van der Waals surface area (Å²) in [6.45, 7) is 14.0. The van der Waals surface area contributed by atoms with E-state index in [0.29, 0.717) is 54.4 Å². The van der Waals surface area contributed by atoms with Crippen molar-refractivity contribution in [3.05, 3.63) is 78.9 Å². The minimum Gasteiger partial charge on any atom is -0.494 e. The number of halogens is 1. The first-order valence-corrected chi connectivity index (χ1v) is 16.5. The van der Waals surface area contributed by atoms with E-state index in [4.69, 9.17) is 21.1 Å². The number of hydrogen-bond donors (Lipinski definition) is 1. The number of benzene rings is 2. The van der Waals surface area contributed by atoms with E-state index in [1.165, 1.54) is 9.80 Å². The van der Waals surface area contributed by atoms with Crippen molar-refractivity contribution in [1.82, 2.24) is 4.90 Å². The summed E-state index contributed by atoms with van der Waals surface area (Å²) in [7, 11) is 0. The monoisotopic (exact) mass is 649 g/mol. The fourth-order valence-electron chi connectivity index (χ4n) is 7.88. The number of para-hydroxylation sites is 1. The number of ether oxygens (including phenoxy) is 2. The Morgan fingerprint density at radius 2 is 1.74 bits per heavy atom. The largest absolute Gasteiger partial charge is 0.494 e. The maximum absolute atomic E-state index is 14.9. The number of anilines is 2. The molecule has 10 heteroatoms. The van der Waals surface area contributed by atoms with Gasteiger partial charge < -0.3 is 29.3 Å². The van der Waals surface area contributed by atoms with E-state index < -0.39 is 35.1 Å². The number of likely N-dealkylation sites (tertiary alicyclic amines) is 1. The van der Waals surface area contributed by atoms with Gasteiger partial charge in [0.05, 0.1) is 47.4 Å². The van der Waals surface area contributed by atoms with Crippen LogP contribution in [0.15, 0.2) is 73.8 Å². The number of carbonyl (C=O) groups excluding carboxylic acids is 3. The Morgan fingerprint density at radius 1 is 1.07 bits per heavy atom. The molecule has 1 spiro atoms. The van der Waals surface area contributed by atoms with Gasteiger partial charge >= 0.3 is 0 Å². The fourth-order valence-corrected chi connectivity index (χ4v) is 8.12. The van der Waals surface area contributed by atoms with Gasteiger partial charge in [-0.05, 0) is 69.0 Å². The first-order chi connectivity index (χ1) is 22.2. The Balaban J connectivity index is 1.63. The van der Waals surface area contributed by atoms with Gasteiger partial charge in [-0.2, -0.15) is 0 Å². The Hall–Kier alpha value is -3.66. The highest BCUT2D eigenvalue weighted by atomic mass is 35.5. The summed E-state index contributed by atoms with van der Waals surface area (Å²) in [6.07, 6.45) is 5.09. The van der Waals surface area contributed by atoms with Crippen LogP contribution in [0.25, 0.3) is 0 Å². The average Bonchev–Trinajstić information content (AvgIpc) is 3.67. The van der Waals surface area contributed by atoms with Crippen LogP contribution in [0.5, 0.6) is 5.75 Å².